The summed E-state index contributed by atoms with van der Waals surface area (Å²) in [6.45, 7) is 4.41. The second kappa shape index (κ2) is 14.5. The molecule has 0 aliphatic rings. The molecule has 0 radical (unpaired) electrons. The zero-order chi connectivity index (χ0) is 24.1. The summed E-state index contributed by atoms with van der Waals surface area (Å²) in [5, 5.41) is 10.9. The van der Waals surface area contributed by atoms with E-state index >= 15 is 0 Å². The summed E-state index contributed by atoms with van der Waals surface area (Å²) in [7, 11) is -0.243. The van der Waals surface area contributed by atoms with Crippen LogP contribution in [-0.2, 0) is 34.4 Å². The Bertz CT molecular complexity index is 1460. The largest absolute Gasteiger partial charge is 1.00 e. The average Bonchev–Trinajstić information content (AvgIpc) is 3.48. The predicted molar refractivity (Wildman–Crippen MR) is 150 cm³/mol. The van der Waals surface area contributed by atoms with E-state index in [0.29, 0.717) is 0 Å². The van der Waals surface area contributed by atoms with Gasteiger partial charge in [0.2, 0.25) is 0 Å². The van der Waals surface area contributed by atoms with Crippen molar-refractivity contribution in [1.29, 1.82) is 0 Å². The van der Waals surface area contributed by atoms with Crippen LogP contribution in [0.2, 0.25) is 11.5 Å². The summed E-state index contributed by atoms with van der Waals surface area (Å²) in [6, 6.07) is 35.2. The number of rotatable bonds is 2. The van der Waals surface area contributed by atoms with E-state index in [9.17, 15) is 0 Å². The van der Waals surface area contributed by atoms with Crippen LogP contribution in [0.25, 0.3) is 43.1 Å². The fourth-order valence-electron chi connectivity index (χ4n) is 4.46. The second-order valence-electron chi connectivity index (χ2n) is 9.01. The molecule has 0 bridgehead atoms. The van der Waals surface area contributed by atoms with Gasteiger partial charge in [-0.05, 0) is 23.6 Å². The SMILES string of the molecule is CCc1cc2c(ccc3ccccc32)[cH-]1.CCc1cc2c(ccc3ccccc32)[cH-]1.[CH3][Ge]([CH3])=[Zr+2].[Cl-].[Cl-]. The van der Waals surface area contributed by atoms with Crippen molar-refractivity contribution >= 4 is 53.1 Å². The first kappa shape index (κ1) is 30.8. The molecule has 6 rings (SSSR count). The molecule has 4 heteroatoms. The minimum atomic E-state index is -0.243. The van der Waals surface area contributed by atoms with Crippen molar-refractivity contribution < 1.29 is 46.4 Å². The molecule has 0 aliphatic heterocycles. The minimum absolute atomic E-state index is 0. The summed E-state index contributed by atoms with van der Waals surface area (Å²) in [4.78, 5) is 0. The van der Waals surface area contributed by atoms with Crippen LogP contribution in [-0.4, -0.2) is 9.98 Å². The zero-order valence-corrected chi connectivity index (χ0v) is 27.5. The normalized spacial score (nSPS) is 10.2. The number of halogens is 2. The van der Waals surface area contributed by atoms with Gasteiger partial charge in [-0.1, -0.05) is 85.3 Å². The van der Waals surface area contributed by atoms with Crippen molar-refractivity contribution in [2.45, 2.75) is 38.2 Å². The molecule has 0 nitrogen and oxygen atoms in total. The van der Waals surface area contributed by atoms with E-state index in [-0.39, 0.29) is 34.8 Å². The first-order chi connectivity index (χ1) is 16.5. The number of aryl methyl sites for hydroxylation is 2. The average molecular weight is 651 g/mol. The Morgan fingerprint density at radius 3 is 1.31 bits per heavy atom. The fraction of sp³-hybridized carbons (Fsp3) is 0.188. The van der Waals surface area contributed by atoms with Gasteiger partial charge in [0.05, 0.1) is 0 Å². The molecule has 0 fully saturated rings. The minimum Gasteiger partial charge on any atom is -1.00 e. The Balaban J connectivity index is 0.000000211. The van der Waals surface area contributed by atoms with Crippen LogP contribution >= 0.6 is 0 Å². The quantitative estimate of drug-likeness (QED) is 0.199. The summed E-state index contributed by atoms with van der Waals surface area (Å²) >= 11 is 1.80. The van der Waals surface area contributed by atoms with Gasteiger partial charge < -0.3 is 24.8 Å². The van der Waals surface area contributed by atoms with Crippen LogP contribution < -0.4 is 24.8 Å². The number of benzene rings is 4. The van der Waals surface area contributed by atoms with Crippen molar-refractivity contribution in [3.63, 3.8) is 0 Å². The molecule has 0 saturated carbocycles. The molecule has 0 aromatic heterocycles. The van der Waals surface area contributed by atoms with Crippen molar-refractivity contribution in [3.8, 4) is 0 Å². The van der Waals surface area contributed by atoms with Crippen molar-refractivity contribution in [3.05, 3.63) is 108 Å². The molecule has 36 heavy (non-hydrogen) atoms. The Kier molecular flexibility index (Phi) is 12.5. The molecule has 6 aromatic carbocycles. The molecule has 0 unspecified atom stereocenters. The van der Waals surface area contributed by atoms with E-state index in [1.54, 1.807) is 21.6 Å². The maximum Gasteiger partial charge on any atom is -1.00 e. The zero-order valence-electron chi connectivity index (χ0n) is 21.4. The third-order valence-corrected chi connectivity index (χ3v) is 6.17. The third kappa shape index (κ3) is 7.35. The van der Waals surface area contributed by atoms with Crippen LogP contribution in [0.15, 0.2) is 97.1 Å². The molecule has 184 valence electrons. The molecule has 0 spiro atoms. The van der Waals surface area contributed by atoms with Crippen molar-refractivity contribution in [1.82, 2.24) is 0 Å². The standard InChI is InChI=1S/2C15H13.C2H6Ge.2ClH.Zr/c2*1-2-11-9-13-8-7-12-5-3-4-6-14(12)15(13)10-11;1-3-2;;;/h2*3-10H,2H2,1H3;1-2H3;2*1H;/q2*-1;;;;+2/p-2. The Hall–Kier alpha value is -1.37. The maximum atomic E-state index is 2.37. The summed E-state index contributed by atoms with van der Waals surface area (Å²) < 4.78 is 0. The van der Waals surface area contributed by atoms with E-state index in [1.807, 2.05) is 0 Å². The van der Waals surface area contributed by atoms with Gasteiger partial charge in [-0.15, -0.1) is 56.9 Å². The van der Waals surface area contributed by atoms with Crippen LogP contribution in [0.4, 0.5) is 0 Å². The molecule has 0 aliphatic carbocycles. The molecular formula is C32H32Cl2GeZr-2. The Morgan fingerprint density at radius 2 is 0.944 bits per heavy atom. The Labute approximate surface area is 243 Å². The second-order valence-corrected chi connectivity index (χ2v) is 26.0. The summed E-state index contributed by atoms with van der Waals surface area (Å²) in [5.74, 6) is 4.75. The summed E-state index contributed by atoms with van der Waals surface area (Å²) in [6.07, 6.45) is 2.23. The first-order valence-electron chi connectivity index (χ1n) is 12.2. The number of hydrogen-bond acceptors (Lipinski definition) is 0. The van der Waals surface area contributed by atoms with Crippen LogP contribution in [0.1, 0.15) is 25.0 Å². The molecule has 0 atom stereocenters. The maximum absolute atomic E-state index is 2.37. The predicted octanol–water partition coefficient (Wildman–Crippen LogP) is 3.34. The number of fused-ring (bicyclic) bond motifs is 6. The van der Waals surface area contributed by atoms with Gasteiger partial charge in [-0.3, -0.25) is 0 Å². The molecular weight excluding hydrogens is 619 g/mol. The summed E-state index contributed by atoms with van der Waals surface area (Å²) in [5.41, 5.74) is 2.86. The van der Waals surface area contributed by atoms with Gasteiger partial charge in [0.1, 0.15) is 0 Å². The van der Waals surface area contributed by atoms with Gasteiger partial charge in [0.25, 0.3) is 0 Å². The fourth-order valence-corrected chi connectivity index (χ4v) is 4.46. The topological polar surface area (TPSA) is 0 Å². The third-order valence-electron chi connectivity index (χ3n) is 6.17. The van der Waals surface area contributed by atoms with Crippen LogP contribution in [0.3, 0.4) is 0 Å². The van der Waals surface area contributed by atoms with E-state index in [1.165, 1.54) is 54.2 Å². The Morgan fingerprint density at radius 1 is 0.583 bits per heavy atom. The van der Waals surface area contributed by atoms with Crippen molar-refractivity contribution in [2.75, 3.05) is 0 Å². The van der Waals surface area contributed by atoms with Gasteiger partial charge in [-0.25, -0.2) is 0 Å². The van der Waals surface area contributed by atoms with E-state index in [0.717, 1.165) is 12.8 Å². The van der Waals surface area contributed by atoms with Crippen LogP contribution in [0.5, 0.6) is 0 Å². The number of hydrogen-bond donors (Lipinski definition) is 0. The van der Waals surface area contributed by atoms with E-state index in [4.69, 9.17) is 0 Å². The molecule has 0 amide bonds. The van der Waals surface area contributed by atoms with Gasteiger partial charge in [0.15, 0.2) is 0 Å². The smallest absolute Gasteiger partial charge is 1.00 e. The monoisotopic (exact) mass is 650 g/mol. The van der Waals surface area contributed by atoms with E-state index < -0.39 is 0 Å². The van der Waals surface area contributed by atoms with Gasteiger partial charge in [0, 0.05) is 0 Å². The molecule has 0 N–H and O–H groups in total. The van der Waals surface area contributed by atoms with Gasteiger partial charge >= 0.3 is 43.1 Å². The van der Waals surface area contributed by atoms with Crippen LogP contribution in [0, 0.1) is 0 Å². The molecule has 0 saturated heterocycles. The molecule has 0 heterocycles. The first-order valence-corrected chi connectivity index (χ1v) is 23.8. The van der Waals surface area contributed by atoms with E-state index in [2.05, 4.69) is 122 Å². The molecule has 6 aromatic rings. The van der Waals surface area contributed by atoms with Crippen molar-refractivity contribution in [2.24, 2.45) is 0 Å². The van der Waals surface area contributed by atoms with Gasteiger partial charge in [-0.2, -0.15) is 12.1 Å².